The van der Waals surface area contributed by atoms with Gasteiger partial charge in [0.15, 0.2) is 0 Å². The number of nitrogens with zero attached hydrogens (tertiary/aromatic N) is 1. The van der Waals surface area contributed by atoms with Crippen LogP contribution in [-0.2, 0) is 0 Å². The second-order valence-electron chi connectivity index (χ2n) is 4.10. The van der Waals surface area contributed by atoms with E-state index in [1.165, 1.54) is 12.1 Å². The lowest BCUT2D eigenvalue weighted by Gasteiger charge is -2.15. The van der Waals surface area contributed by atoms with Gasteiger partial charge in [0.25, 0.3) is 0 Å². The van der Waals surface area contributed by atoms with Gasteiger partial charge in [0, 0.05) is 31.9 Å². The third-order valence-corrected chi connectivity index (χ3v) is 2.83. The Labute approximate surface area is 99.8 Å². The maximum absolute atomic E-state index is 12.9. The summed E-state index contributed by atoms with van der Waals surface area (Å²) in [4.78, 5) is 13.0. The van der Waals surface area contributed by atoms with Gasteiger partial charge in [-0.1, -0.05) is 0 Å². The van der Waals surface area contributed by atoms with Crippen molar-refractivity contribution in [1.82, 2.24) is 10.2 Å². The van der Waals surface area contributed by atoms with E-state index >= 15 is 0 Å². The van der Waals surface area contributed by atoms with Crippen LogP contribution in [0.1, 0.15) is 5.56 Å². The molecule has 0 bridgehead atoms. The summed E-state index contributed by atoms with van der Waals surface area (Å²) >= 11 is 0. The van der Waals surface area contributed by atoms with Crippen LogP contribution in [0.5, 0.6) is 0 Å². The summed E-state index contributed by atoms with van der Waals surface area (Å²) in [5.74, 6) is -0.230. The molecule has 4 nitrogen and oxygen atoms in total. The molecular formula is C12H16FN3O. The molecule has 0 radical (unpaired) electrons. The Hall–Kier alpha value is -1.78. The fourth-order valence-electron chi connectivity index (χ4n) is 1.88. The van der Waals surface area contributed by atoms with Crippen LogP contribution in [-0.4, -0.2) is 37.1 Å². The molecule has 5 heteroatoms. The normalized spacial score (nSPS) is 14.9. The van der Waals surface area contributed by atoms with Gasteiger partial charge in [-0.2, -0.15) is 0 Å². The molecule has 17 heavy (non-hydrogen) atoms. The van der Waals surface area contributed by atoms with E-state index in [-0.39, 0.29) is 11.8 Å². The minimum atomic E-state index is -0.230. The lowest BCUT2D eigenvalue weighted by atomic mass is 10.2. The molecule has 1 heterocycles. The molecule has 2 amide bonds. The first-order valence-corrected chi connectivity index (χ1v) is 5.69. The van der Waals surface area contributed by atoms with Crippen LogP contribution in [0.4, 0.5) is 14.9 Å². The van der Waals surface area contributed by atoms with Gasteiger partial charge in [-0.05, 0) is 30.7 Å². The zero-order valence-electron chi connectivity index (χ0n) is 9.79. The topological polar surface area (TPSA) is 44.4 Å². The van der Waals surface area contributed by atoms with Gasteiger partial charge in [-0.25, -0.2) is 9.18 Å². The number of hydrogen-bond acceptors (Lipinski definition) is 2. The summed E-state index contributed by atoms with van der Waals surface area (Å²) < 4.78 is 12.9. The van der Waals surface area contributed by atoms with E-state index in [9.17, 15) is 9.18 Å². The maximum Gasteiger partial charge on any atom is 0.317 e. The average molecular weight is 237 g/mol. The molecule has 1 aromatic carbocycles. The fraction of sp³-hybridized carbons (Fsp3) is 0.417. The van der Waals surface area contributed by atoms with Gasteiger partial charge in [-0.15, -0.1) is 0 Å². The van der Waals surface area contributed by atoms with Crippen molar-refractivity contribution in [2.75, 3.05) is 31.5 Å². The number of hydrogen-bond donors (Lipinski definition) is 2. The average Bonchev–Trinajstić information content (AvgIpc) is 2.68. The summed E-state index contributed by atoms with van der Waals surface area (Å²) in [5.41, 5.74) is 1.78. The van der Waals surface area contributed by atoms with Crippen LogP contribution in [0, 0.1) is 12.7 Å². The third kappa shape index (κ3) is 2.87. The number of aryl methyl sites for hydroxylation is 1. The Morgan fingerprint density at radius 3 is 3.00 bits per heavy atom. The third-order valence-electron chi connectivity index (χ3n) is 2.83. The van der Waals surface area contributed by atoms with Crippen molar-refractivity contribution in [3.8, 4) is 0 Å². The molecule has 1 saturated heterocycles. The van der Waals surface area contributed by atoms with Gasteiger partial charge >= 0.3 is 6.03 Å². The zero-order valence-corrected chi connectivity index (χ0v) is 9.79. The minimum Gasteiger partial charge on any atom is -0.383 e. The molecule has 0 unspecified atom stereocenters. The smallest absolute Gasteiger partial charge is 0.317 e. The van der Waals surface area contributed by atoms with Crippen LogP contribution < -0.4 is 10.6 Å². The molecule has 0 aliphatic carbocycles. The van der Waals surface area contributed by atoms with Crippen molar-refractivity contribution in [3.05, 3.63) is 29.6 Å². The summed E-state index contributed by atoms with van der Waals surface area (Å²) in [6, 6.07) is 4.62. The molecule has 1 aliphatic rings. The molecule has 0 saturated carbocycles. The van der Waals surface area contributed by atoms with E-state index in [0.717, 1.165) is 17.8 Å². The summed E-state index contributed by atoms with van der Waals surface area (Å²) in [6.07, 6.45) is 0. The van der Waals surface area contributed by atoms with E-state index in [1.807, 2.05) is 6.92 Å². The van der Waals surface area contributed by atoms with Crippen molar-refractivity contribution >= 4 is 11.7 Å². The number of amides is 2. The van der Waals surface area contributed by atoms with Crippen LogP contribution in [0.2, 0.25) is 0 Å². The number of carbonyl (C=O) groups is 1. The molecule has 0 spiro atoms. The van der Waals surface area contributed by atoms with Gasteiger partial charge in [0.05, 0.1) is 0 Å². The van der Waals surface area contributed by atoms with E-state index in [1.54, 1.807) is 11.0 Å². The van der Waals surface area contributed by atoms with Crippen molar-refractivity contribution in [2.24, 2.45) is 0 Å². The van der Waals surface area contributed by atoms with E-state index < -0.39 is 0 Å². The van der Waals surface area contributed by atoms with Gasteiger partial charge in [0.1, 0.15) is 5.82 Å². The SMILES string of the molecule is Cc1cc(F)ccc1NCCN1CCNC1=O. The Morgan fingerprint density at radius 1 is 1.53 bits per heavy atom. The number of rotatable bonds is 4. The number of carbonyl (C=O) groups excluding carboxylic acids is 1. The Bertz CT molecular complexity index is 422. The molecule has 2 N–H and O–H groups in total. The molecule has 92 valence electrons. The molecule has 2 rings (SSSR count). The number of halogens is 1. The summed E-state index contributed by atoms with van der Waals surface area (Å²) in [5, 5.41) is 5.95. The van der Waals surface area contributed by atoms with Gasteiger partial charge in [-0.3, -0.25) is 0 Å². The lowest BCUT2D eigenvalue weighted by Crippen LogP contribution is -2.32. The van der Waals surface area contributed by atoms with Crippen LogP contribution >= 0.6 is 0 Å². The van der Waals surface area contributed by atoms with Gasteiger partial charge in [0.2, 0.25) is 0 Å². The predicted octanol–water partition coefficient (Wildman–Crippen LogP) is 1.57. The highest BCUT2D eigenvalue weighted by Gasteiger charge is 2.18. The zero-order chi connectivity index (χ0) is 12.3. The number of nitrogens with one attached hydrogen (secondary N) is 2. The fourth-order valence-corrected chi connectivity index (χ4v) is 1.88. The predicted molar refractivity (Wildman–Crippen MR) is 64.6 cm³/mol. The first-order chi connectivity index (χ1) is 8.16. The number of urea groups is 1. The maximum atomic E-state index is 12.9. The molecule has 1 aromatic rings. The molecular weight excluding hydrogens is 221 g/mol. The van der Waals surface area contributed by atoms with Crippen LogP contribution in [0.25, 0.3) is 0 Å². The molecule has 0 atom stereocenters. The van der Waals surface area contributed by atoms with Crippen LogP contribution in [0.3, 0.4) is 0 Å². The van der Waals surface area contributed by atoms with Crippen molar-refractivity contribution in [1.29, 1.82) is 0 Å². The molecule has 1 fully saturated rings. The number of benzene rings is 1. The minimum absolute atomic E-state index is 0.0115. The monoisotopic (exact) mass is 237 g/mol. The standard InChI is InChI=1S/C12H16FN3O/c1-9-8-10(13)2-3-11(9)14-4-6-16-7-5-15-12(16)17/h2-3,8,14H,4-7H2,1H3,(H,15,17). The highest BCUT2D eigenvalue weighted by Crippen LogP contribution is 2.15. The van der Waals surface area contributed by atoms with E-state index in [2.05, 4.69) is 10.6 Å². The highest BCUT2D eigenvalue weighted by atomic mass is 19.1. The summed E-state index contributed by atoms with van der Waals surface area (Å²) in [6.45, 7) is 4.65. The van der Waals surface area contributed by atoms with Crippen molar-refractivity contribution in [3.63, 3.8) is 0 Å². The Kier molecular flexibility index (Phi) is 3.46. The second-order valence-corrected chi connectivity index (χ2v) is 4.10. The first-order valence-electron chi connectivity index (χ1n) is 5.69. The first kappa shape index (κ1) is 11.7. The lowest BCUT2D eigenvalue weighted by molar-refractivity contribution is 0.219. The van der Waals surface area contributed by atoms with E-state index in [0.29, 0.717) is 19.6 Å². The van der Waals surface area contributed by atoms with Gasteiger partial charge < -0.3 is 15.5 Å². The van der Waals surface area contributed by atoms with Crippen molar-refractivity contribution in [2.45, 2.75) is 6.92 Å². The second kappa shape index (κ2) is 5.03. The summed E-state index contributed by atoms with van der Waals surface area (Å²) in [7, 11) is 0. The Morgan fingerprint density at radius 2 is 2.35 bits per heavy atom. The molecule has 1 aliphatic heterocycles. The van der Waals surface area contributed by atoms with Crippen LogP contribution in [0.15, 0.2) is 18.2 Å². The van der Waals surface area contributed by atoms with E-state index in [4.69, 9.17) is 0 Å². The molecule has 0 aromatic heterocycles. The van der Waals surface area contributed by atoms with Crippen molar-refractivity contribution < 1.29 is 9.18 Å². The highest BCUT2D eigenvalue weighted by molar-refractivity contribution is 5.76. The largest absolute Gasteiger partial charge is 0.383 e. The Balaban J connectivity index is 1.83. The quantitative estimate of drug-likeness (QED) is 0.835. The number of anilines is 1.